The van der Waals surface area contributed by atoms with Crippen LogP contribution < -0.4 is 10.6 Å². The Kier molecular flexibility index (Phi) is 3.50. The first-order valence-corrected chi connectivity index (χ1v) is 6.62. The van der Waals surface area contributed by atoms with Crippen LogP contribution in [0.1, 0.15) is 34.1 Å². The molecule has 0 bridgehead atoms. The first-order chi connectivity index (χ1) is 9.25. The summed E-state index contributed by atoms with van der Waals surface area (Å²) in [6.07, 6.45) is 0.854. The lowest BCUT2D eigenvalue weighted by Crippen LogP contribution is -2.33. The summed E-state index contributed by atoms with van der Waals surface area (Å²) in [4.78, 5) is 28.0. The maximum Gasteiger partial charge on any atom is 0.309 e. The Morgan fingerprint density at radius 3 is 2.60 bits per heavy atom. The fourth-order valence-corrected chi connectivity index (χ4v) is 2.40. The van der Waals surface area contributed by atoms with E-state index in [-0.39, 0.29) is 12.4 Å². The highest BCUT2D eigenvalue weighted by molar-refractivity contribution is 6.04. The fraction of sp³-hybridized carbons (Fsp3) is 0.438. The van der Waals surface area contributed by atoms with E-state index >= 15 is 0 Å². The van der Waals surface area contributed by atoms with E-state index in [0.29, 0.717) is 5.57 Å². The third-order valence-corrected chi connectivity index (χ3v) is 3.17. The average molecular weight is 273 g/mol. The summed E-state index contributed by atoms with van der Waals surface area (Å²) in [5.41, 5.74) is -0.840. The molecule has 1 aromatic rings. The van der Waals surface area contributed by atoms with Gasteiger partial charge in [0.15, 0.2) is 0 Å². The Labute approximate surface area is 118 Å². The number of rotatable bonds is 3. The molecule has 1 aliphatic rings. The molecule has 0 radical (unpaired) electrons. The molecule has 1 atom stereocenters. The van der Waals surface area contributed by atoms with E-state index in [4.69, 9.17) is 4.74 Å². The Hall–Kier alpha value is -1.97. The van der Waals surface area contributed by atoms with E-state index in [1.165, 1.54) is 0 Å². The van der Waals surface area contributed by atoms with Gasteiger partial charge in [-0.05, 0) is 33.8 Å². The summed E-state index contributed by atoms with van der Waals surface area (Å²) in [5.74, 6) is -0.351. The van der Waals surface area contributed by atoms with Crippen molar-refractivity contribution in [3.05, 3.63) is 34.8 Å². The lowest BCUT2D eigenvalue weighted by Gasteiger charge is -2.25. The standard InChI is InChI=1S/C16H19NO3/c1-15(2,3)20-14(19)9-16(4)12(10-18)11-7-5-6-8-13(11)17-16/h5-8,10H,9H2,1-4H3. The van der Waals surface area contributed by atoms with E-state index in [1.807, 2.05) is 45.0 Å². The summed E-state index contributed by atoms with van der Waals surface area (Å²) in [5, 5.41) is 1.55. The molecule has 106 valence electrons. The molecule has 0 saturated carbocycles. The van der Waals surface area contributed by atoms with Gasteiger partial charge in [-0.1, -0.05) is 18.2 Å². The molecule has 0 aromatic heterocycles. The zero-order valence-corrected chi connectivity index (χ0v) is 12.3. The number of benzene rings is 1. The van der Waals surface area contributed by atoms with Crippen LogP contribution in [0.2, 0.25) is 0 Å². The molecule has 1 aliphatic heterocycles. The van der Waals surface area contributed by atoms with Gasteiger partial charge in [0.2, 0.25) is 0 Å². The summed E-state index contributed by atoms with van der Waals surface area (Å²) < 4.78 is 5.33. The van der Waals surface area contributed by atoms with Gasteiger partial charge in [0, 0.05) is 10.8 Å². The summed E-state index contributed by atoms with van der Waals surface area (Å²) >= 11 is 0. The Bertz CT molecular complexity index is 670. The van der Waals surface area contributed by atoms with Crippen LogP contribution in [0.4, 0.5) is 0 Å². The minimum atomic E-state index is -0.840. The molecule has 1 heterocycles. The highest BCUT2D eigenvalue weighted by Crippen LogP contribution is 2.27. The number of carbonyl (C=O) groups excluding carboxylic acids is 2. The third-order valence-electron chi connectivity index (χ3n) is 3.17. The number of aldehydes is 1. The molecule has 0 saturated heterocycles. The topological polar surface area (TPSA) is 55.7 Å². The molecule has 1 unspecified atom stereocenters. The number of carbonyl (C=O) groups is 2. The van der Waals surface area contributed by atoms with E-state index < -0.39 is 11.1 Å². The maximum atomic E-state index is 12.0. The normalized spacial score (nSPS) is 21.1. The molecule has 0 aliphatic carbocycles. The SMILES string of the molecule is CC(C)(C)OC(=O)CC1(C)N=c2ccccc2=C1C=O. The van der Waals surface area contributed by atoms with Crippen LogP contribution in [0.5, 0.6) is 0 Å². The molecule has 2 rings (SSSR count). The van der Waals surface area contributed by atoms with Crippen molar-refractivity contribution in [2.45, 2.75) is 45.3 Å². The molecule has 4 nitrogen and oxygen atoms in total. The first-order valence-electron chi connectivity index (χ1n) is 6.62. The van der Waals surface area contributed by atoms with Crippen LogP contribution in [-0.4, -0.2) is 23.4 Å². The lowest BCUT2D eigenvalue weighted by molar-refractivity contribution is -0.155. The van der Waals surface area contributed by atoms with Crippen LogP contribution >= 0.6 is 0 Å². The fourth-order valence-electron chi connectivity index (χ4n) is 2.40. The van der Waals surface area contributed by atoms with Crippen molar-refractivity contribution in [1.29, 1.82) is 0 Å². The minimum absolute atomic E-state index is 0.0625. The zero-order chi connectivity index (χ0) is 15.0. The van der Waals surface area contributed by atoms with Crippen LogP contribution in [0.3, 0.4) is 0 Å². The number of hydrogen-bond donors (Lipinski definition) is 0. The van der Waals surface area contributed by atoms with Gasteiger partial charge >= 0.3 is 5.97 Å². The van der Waals surface area contributed by atoms with E-state index in [0.717, 1.165) is 16.9 Å². The van der Waals surface area contributed by atoms with E-state index in [2.05, 4.69) is 4.99 Å². The Morgan fingerprint density at radius 2 is 2.00 bits per heavy atom. The predicted molar refractivity (Wildman–Crippen MR) is 75.6 cm³/mol. The highest BCUT2D eigenvalue weighted by atomic mass is 16.6. The van der Waals surface area contributed by atoms with Gasteiger partial charge in [0.1, 0.15) is 11.9 Å². The van der Waals surface area contributed by atoms with Gasteiger partial charge in [-0.3, -0.25) is 14.6 Å². The van der Waals surface area contributed by atoms with Crippen LogP contribution in [0.25, 0.3) is 5.57 Å². The smallest absolute Gasteiger partial charge is 0.309 e. The van der Waals surface area contributed by atoms with Crippen molar-refractivity contribution in [3.8, 4) is 0 Å². The second-order valence-electron chi connectivity index (χ2n) is 6.20. The van der Waals surface area contributed by atoms with Crippen molar-refractivity contribution in [2.24, 2.45) is 4.99 Å². The molecule has 0 amide bonds. The largest absolute Gasteiger partial charge is 0.460 e. The number of nitrogens with zero attached hydrogens (tertiary/aromatic N) is 1. The highest BCUT2D eigenvalue weighted by Gasteiger charge is 2.36. The van der Waals surface area contributed by atoms with Gasteiger partial charge in [0.05, 0.1) is 17.3 Å². The van der Waals surface area contributed by atoms with Crippen LogP contribution in [-0.2, 0) is 14.3 Å². The van der Waals surface area contributed by atoms with Gasteiger partial charge in [-0.25, -0.2) is 0 Å². The summed E-state index contributed by atoms with van der Waals surface area (Å²) in [6.45, 7) is 7.25. The number of para-hydroxylation sites is 1. The van der Waals surface area contributed by atoms with Crippen molar-refractivity contribution in [1.82, 2.24) is 0 Å². The van der Waals surface area contributed by atoms with Crippen LogP contribution in [0.15, 0.2) is 29.3 Å². The van der Waals surface area contributed by atoms with Crippen molar-refractivity contribution in [3.63, 3.8) is 0 Å². The molecular formula is C16H19NO3. The maximum absolute atomic E-state index is 12.0. The third kappa shape index (κ3) is 2.79. The van der Waals surface area contributed by atoms with Gasteiger partial charge in [-0.2, -0.15) is 0 Å². The molecule has 0 spiro atoms. The molecular weight excluding hydrogens is 254 g/mol. The summed E-state index contributed by atoms with van der Waals surface area (Å²) in [7, 11) is 0. The van der Waals surface area contributed by atoms with Gasteiger partial charge < -0.3 is 4.74 Å². The number of hydrogen-bond acceptors (Lipinski definition) is 4. The average Bonchev–Trinajstić information content (AvgIpc) is 2.56. The molecule has 20 heavy (non-hydrogen) atoms. The molecule has 4 heteroatoms. The van der Waals surface area contributed by atoms with Crippen molar-refractivity contribution >= 4 is 17.8 Å². The van der Waals surface area contributed by atoms with Crippen LogP contribution in [0, 0.1) is 0 Å². The van der Waals surface area contributed by atoms with Gasteiger partial charge in [0.25, 0.3) is 0 Å². The van der Waals surface area contributed by atoms with E-state index in [9.17, 15) is 9.59 Å². The quantitative estimate of drug-likeness (QED) is 0.613. The zero-order valence-electron chi connectivity index (χ0n) is 12.3. The predicted octanol–water partition coefficient (Wildman–Crippen LogP) is 1.16. The molecule has 0 fully saturated rings. The minimum Gasteiger partial charge on any atom is -0.460 e. The molecule has 1 aromatic carbocycles. The van der Waals surface area contributed by atoms with Gasteiger partial charge in [-0.15, -0.1) is 0 Å². The second kappa shape index (κ2) is 4.85. The lowest BCUT2D eigenvalue weighted by atomic mass is 9.90. The second-order valence-corrected chi connectivity index (χ2v) is 6.20. The van der Waals surface area contributed by atoms with Crippen molar-refractivity contribution < 1.29 is 14.3 Å². The van der Waals surface area contributed by atoms with E-state index in [1.54, 1.807) is 6.92 Å². The Balaban J connectivity index is 2.36. The number of ether oxygens (including phenoxy) is 1. The Morgan fingerprint density at radius 1 is 1.35 bits per heavy atom. The first kappa shape index (κ1) is 14.4. The monoisotopic (exact) mass is 273 g/mol. The molecule has 0 N–H and O–H groups in total. The van der Waals surface area contributed by atoms with Crippen molar-refractivity contribution in [2.75, 3.05) is 0 Å². The number of esters is 1. The summed E-state index contributed by atoms with van der Waals surface area (Å²) in [6, 6.07) is 7.42. The number of fused-ring (bicyclic) bond motifs is 1.